The Bertz CT molecular complexity index is 562. The molecule has 3 nitrogen and oxygen atoms in total. The molecule has 3 N–H and O–H groups in total. The zero-order valence-corrected chi connectivity index (χ0v) is 12.4. The van der Waals surface area contributed by atoms with Gasteiger partial charge in [0.15, 0.2) is 0 Å². The van der Waals surface area contributed by atoms with E-state index in [4.69, 9.17) is 5.84 Å². The molecule has 5 heteroatoms. The Labute approximate surface area is 124 Å². The van der Waals surface area contributed by atoms with Crippen molar-refractivity contribution in [2.45, 2.75) is 10.1 Å². The van der Waals surface area contributed by atoms with Crippen LogP contribution in [0.3, 0.4) is 0 Å². The lowest BCUT2D eigenvalue weighted by Crippen LogP contribution is -2.33. The van der Waals surface area contributed by atoms with E-state index in [0.29, 0.717) is 0 Å². The van der Waals surface area contributed by atoms with E-state index in [1.165, 1.54) is 11.8 Å². The summed E-state index contributed by atoms with van der Waals surface area (Å²) < 4.78 is 0.964. The lowest BCUT2D eigenvalue weighted by molar-refractivity contribution is -0.120. The number of hydrazine groups is 1. The molecule has 0 fully saturated rings. The molecular formula is C14H13BrN2OS. The van der Waals surface area contributed by atoms with Crippen LogP contribution in [-0.4, -0.2) is 5.91 Å². The number of carbonyl (C=O) groups excluding carboxylic acids is 1. The minimum absolute atomic E-state index is 0.216. The minimum Gasteiger partial charge on any atom is -0.293 e. The van der Waals surface area contributed by atoms with Gasteiger partial charge in [0.2, 0.25) is 0 Å². The first-order valence-electron chi connectivity index (χ1n) is 5.69. The van der Waals surface area contributed by atoms with Gasteiger partial charge >= 0.3 is 0 Å². The van der Waals surface area contributed by atoms with Gasteiger partial charge in [0.05, 0.1) is 0 Å². The van der Waals surface area contributed by atoms with E-state index in [2.05, 4.69) is 21.4 Å². The highest BCUT2D eigenvalue weighted by molar-refractivity contribution is 9.10. The van der Waals surface area contributed by atoms with Gasteiger partial charge in [0.25, 0.3) is 5.91 Å². The van der Waals surface area contributed by atoms with Crippen LogP contribution >= 0.6 is 27.7 Å². The fourth-order valence-corrected chi connectivity index (χ4v) is 3.27. The zero-order chi connectivity index (χ0) is 13.7. The van der Waals surface area contributed by atoms with Crippen molar-refractivity contribution in [1.29, 1.82) is 0 Å². The van der Waals surface area contributed by atoms with E-state index < -0.39 is 0 Å². The Kier molecular flexibility index (Phi) is 5.01. The van der Waals surface area contributed by atoms with Crippen LogP contribution in [0.25, 0.3) is 0 Å². The predicted octanol–water partition coefficient (Wildman–Crippen LogP) is 3.27. The normalized spacial score (nSPS) is 11.9. The molecule has 0 saturated heterocycles. The summed E-state index contributed by atoms with van der Waals surface area (Å²) in [6.45, 7) is 0. The van der Waals surface area contributed by atoms with E-state index in [1.54, 1.807) is 0 Å². The molecule has 0 radical (unpaired) electrons. The number of carbonyl (C=O) groups is 1. The first-order chi connectivity index (χ1) is 9.22. The lowest BCUT2D eigenvalue weighted by Gasteiger charge is -2.16. The van der Waals surface area contributed by atoms with Crippen molar-refractivity contribution >= 4 is 33.6 Å². The lowest BCUT2D eigenvalue weighted by atomic mass is 10.1. The number of nitrogens with one attached hydrogen (secondary N) is 1. The van der Waals surface area contributed by atoms with Crippen LogP contribution in [0.1, 0.15) is 10.8 Å². The average Bonchev–Trinajstić information content (AvgIpc) is 2.46. The Hall–Kier alpha value is -1.30. The van der Waals surface area contributed by atoms with Crippen LogP contribution in [0.2, 0.25) is 0 Å². The first kappa shape index (κ1) is 14.1. The maximum atomic E-state index is 12.0. The van der Waals surface area contributed by atoms with E-state index in [0.717, 1.165) is 14.9 Å². The molecule has 1 atom stereocenters. The maximum Gasteiger partial charge on any atom is 0.251 e. The molecule has 0 aromatic heterocycles. The van der Waals surface area contributed by atoms with Crippen molar-refractivity contribution in [3.63, 3.8) is 0 Å². The van der Waals surface area contributed by atoms with Gasteiger partial charge in [0.1, 0.15) is 5.25 Å². The molecule has 0 aliphatic carbocycles. The summed E-state index contributed by atoms with van der Waals surface area (Å²) in [5.74, 6) is 5.06. The van der Waals surface area contributed by atoms with Gasteiger partial charge in [-0.05, 0) is 33.6 Å². The highest BCUT2D eigenvalue weighted by Gasteiger charge is 2.21. The second kappa shape index (κ2) is 6.75. The minimum atomic E-state index is -0.370. The van der Waals surface area contributed by atoms with E-state index in [9.17, 15) is 4.79 Å². The van der Waals surface area contributed by atoms with Crippen LogP contribution in [0.15, 0.2) is 64.0 Å². The Balaban J connectivity index is 2.30. The first-order valence-corrected chi connectivity index (χ1v) is 7.36. The number of rotatable bonds is 4. The third-order valence-electron chi connectivity index (χ3n) is 2.56. The summed E-state index contributed by atoms with van der Waals surface area (Å²) in [4.78, 5) is 13.0. The quantitative estimate of drug-likeness (QED) is 0.390. The van der Waals surface area contributed by atoms with Crippen molar-refractivity contribution < 1.29 is 4.79 Å². The molecule has 19 heavy (non-hydrogen) atoms. The Morgan fingerprint density at radius 3 is 2.37 bits per heavy atom. The number of benzene rings is 2. The highest BCUT2D eigenvalue weighted by Crippen LogP contribution is 2.38. The molecule has 2 aromatic carbocycles. The van der Waals surface area contributed by atoms with Crippen molar-refractivity contribution in [3.8, 4) is 0 Å². The van der Waals surface area contributed by atoms with Gasteiger partial charge < -0.3 is 0 Å². The molecule has 2 aromatic rings. The second-order valence-electron chi connectivity index (χ2n) is 3.85. The van der Waals surface area contributed by atoms with Crippen LogP contribution in [0.4, 0.5) is 0 Å². The van der Waals surface area contributed by atoms with E-state index in [-0.39, 0.29) is 11.2 Å². The molecule has 0 heterocycles. The molecule has 1 amide bonds. The van der Waals surface area contributed by atoms with Crippen molar-refractivity contribution in [2.75, 3.05) is 0 Å². The third-order valence-corrected chi connectivity index (χ3v) is 4.85. The molecule has 2 rings (SSSR count). The van der Waals surface area contributed by atoms with Crippen molar-refractivity contribution in [1.82, 2.24) is 5.43 Å². The van der Waals surface area contributed by atoms with Gasteiger partial charge in [-0.3, -0.25) is 10.2 Å². The molecule has 0 saturated carbocycles. The Morgan fingerprint density at radius 2 is 1.74 bits per heavy atom. The van der Waals surface area contributed by atoms with Crippen LogP contribution in [0, 0.1) is 0 Å². The van der Waals surface area contributed by atoms with E-state index >= 15 is 0 Å². The summed E-state index contributed by atoms with van der Waals surface area (Å²) in [5.41, 5.74) is 3.15. The van der Waals surface area contributed by atoms with E-state index in [1.807, 2.05) is 54.6 Å². The topological polar surface area (TPSA) is 55.1 Å². The van der Waals surface area contributed by atoms with Crippen LogP contribution in [-0.2, 0) is 4.79 Å². The monoisotopic (exact) mass is 336 g/mol. The largest absolute Gasteiger partial charge is 0.293 e. The summed E-state index contributed by atoms with van der Waals surface area (Å²) in [6.07, 6.45) is 0. The fraction of sp³-hybridized carbons (Fsp3) is 0.0714. The number of halogens is 1. The van der Waals surface area contributed by atoms with Crippen molar-refractivity contribution in [2.24, 2.45) is 5.84 Å². The average molecular weight is 337 g/mol. The van der Waals surface area contributed by atoms with Gasteiger partial charge in [-0.15, -0.1) is 11.8 Å². The molecule has 0 bridgehead atoms. The summed E-state index contributed by atoms with van der Waals surface area (Å²) in [7, 11) is 0. The number of thioether (sulfide) groups is 1. The second-order valence-corrected chi connectivity index (χ2v) is 5.85. The SMILES string of the molecule is NNC(=O)C(Sc1ccccc1Br)c1ccccc1. The van der Waals surface area contributed by atoms with Crippen LogP contribution in [0.5, 0.6) is 0 Å². The van der Waals surface area contributed by atoms with Crippen LogP contribution < -0.4 is 11.3 Å². The number of amides is 1. The maximum absolute atomic E-state index is 12.0. The highest BCUT2D eigenvalue weighted by atomic mass is 79.9. The standard InChI is InChI=1S/C14H13BrN2OS/c15-11-8-4-5-9-12(11)19-13(14(18)17-16)10-6-2-1-3-7-10/h1-9,13H,16H2,(H,17,18). The number of hydrogen-bond donors (Lipinski definition) is 2. The van der Waals surface area contributed by atoms with Gasteiger partial charge in [-0.2, -0.15) is 0 Å². The predicted molar refractivity (Wildman–Crippen MR) is 81.5 cm³/mol. The third kappa shape index (κ3) is 3.59. The summed E-state index contributed by atoms with van der Waals surface area (Å²) >= 11 is 4.95. The molecule has 98 valence electrons. The van der Waals surface area contributed by atoms with Gasteiger partial charge in [0, 0.05) is 9.37 Å². The zero-order valence-electron chi connectivity index (χ0n) is 10.0. The smallest absolute Gasteiger partial charge is 0.251 e. The number of hydrogen-bond acceptors (Lipinski definition) is 3. The molecule has 0 aliphatic heterocycles. The summed E-state index contributed by atoms with van der Waals surface area (Å²) in [6, 6.07) is 17.4. The number of nitrogens with two attached hydrogens (primary N) is 1. The molecule has 1 unspecified atom stereocenters. The fourth-order valence-electron chi connectivity index (χ4n) is 1.64. The van der Waals surface area contributed by atoms with Gasteiger partial charge in [-0.1, -0.05) is 42.5 Å². The summed E-state index contributed by atoms with van der Waals surface area (Å²) in [5, 5.41) is -0.370. The molecule has 0 aliphatic rings. The Morgan fingerprint density at radius 1 is 1.11 bits per heavy atom. The molecule has 0 spiro atoms. The molecular weight excluding hydrogens is 324 g/mol. The van der Waals surface area contributed by atoms with Gasteiger partial charge in [-0.25, -0.2) is 5.84 Å². The van der Waals surface area contributed by atoms with Crippen molar-refractivity contribution in [3.05, 3.63) is 64.6 Å².